The molecule has 11 nitrogen and oxygen atoms in total. The van der Waals surface area contributed by atoms with Crippen LogP contribution in [0.2, 0.25) is 0 Å². The van der Waals surface area contributed by atoms with Crippen molar-refractivity contribution >= 4 is 34.3 Å². The summed E-state index contributed by atoms with van der Waals surface area (Å²) >= 11 is 0. The van der Waals surface area contributed by atoms with Gasteiger partial charge in [0.15, 0.2) is 5.65 Å². The summed E-state index contributed by atoms with van der Waals surface area (Å²) in [5.74, 6) is -0.284. The van der Waals surface area contributed by atoms with Crippen LogP contribution in [0.15, 0.2) is 43.0 Å². The van der Waals surface area contributed by atoms with Gasteiger partial charge in [-0.05, 0) is 23.8 Å². The summed E-state index contributed by atoms with van der Waals surface area (Å²) in [4.78, 5) is 22.6. The molecule has 3 aromatic heterocycles. The van der Waals surface area contributed by atoms with E-state index in [0.717, 1.165) is 5.39 Å². The first-order chi connectivity index (χ1) is 16.6. The van der Waals surface area contributed by atoms with E-state index in [-0.39, 0.29) is 19.1 Å². The van der Waals surface area contributed by atoms with Crippen molar-refractivity contribution in [3.8, 4) is 6.07 Å². The van der Waals surface area contributed by atoms with E-state index in [1.807, 2.05) is 0 Å². The molecule has 1 amide bonds. The fraction of sp³-hybridized carbons (Fsp3) is 0.273. The van der Waals surface area contributed by atoms with Crippen molar-refractivity contribution in [3.63, 3.8) is 0 Å². The van der Waals surface area contributed by atoms with Crippen molar-refractivity contribution in [2.75, 3.05) is 30.0 Å². The number of hydrogen-bond acceptors (Lipinski definition) is 8. The fourth-order valence-corrected chi connectivity index (χ4v) is 3.73. The minimum Gasteiger partial charge on any atom is -0.370 e. The number of hydrogen-bond donors (Lipinski definition) is 1. The Bertz CT molecular complexity index is 1390. The topological polar surface area (TPSA) is 127 Å². The highest BCUT2D eigenvalue weighted by atomic mass is 19.1. The maximum Gasteiger partial charge on any atom is 0.253 e. The normalized spacial score (nSPS) is 13.9. The van der Waals surface area contributed by atoms with Crippen molar-refractivity contribution in [2.24, 2.45) is 0 Å². The molecule has 0 bridgehead atoms. The second kappa shape index (κ2) is 9.24. The summed E-state index contributed by atoms with van der Waals surface area (Å²) in [5.41, 5.74) is 2.40. The first-order valence-corrected chi connectivity index (χ1v) is 10.6. The van der Waals surface area contributed by atoms with Gasteiger partial charge in [0.25, 0.3) is 5.91 Å². The maximum absolute atomic E-state index is 14.4. The summed E-state index contributed by atoms with van der Waals surface area (Å²) < 4.78 is 22.9. The molecule has 1 N–H and O–H groups in total. The highest BCUT2D eigenvalue weighted by Crippen LogP contribution is 2.22. The molecule has 5 rings (SSSR count). The van der Waals surface area contributed by atoms with E-state index < -0.39 is 5.82 Å². The molecule has 1 aliphatic rings. The van der Waals surface area contributed by atoms with Gasteiger partial charge in [-0.25, -0.2) is 14.1 Å². The third kappa shape index (κ3) is 4.55. The number of nitriles is 1. The van der Waals surface area contributed by atoms with Crippen LogP contribution in [0.4, 0.5) is 21.7 Å². The smallest absolute Gasteiger partial charge is 0.253 e. The lowest BCUT2D eigenvalue weighted by Gasteiger charge is -2.27. The van der Waals surface area contributed by atoms with Gasteiger partial charge in [-0.15, -0.1) is 0 Å². The molecule has 1 aromatic carbocycles. The molecule has 12 heteroatoms. The minimum atomic E-state index is -0.436. The molecular weight excluding hydrogens is 441 g/mol. The molecule has 0 unspecified atom stereocenters. The van der Waals surface area contributed by atoms with Crippen LogP contribution in [0, 0.1) is 17.1 Å². The predicted octanol–water partition coefficient (Wildman–Crippen LogP) is 2.23. The first-order valence-electron chi connectivity index (χ1n) is 10.6. The van der Waals surface area contributed by atoms with Crippen molar-refractivity contribution in [1.82, 2.24) is 29.5 Å². The molecule has 4 aromatic rings. The molecule has 0 aliphatic carbocycles. The Kier molecular flexibility index (Phi) is 5.84. The van der Waals surface area contributed by atoms with Crippen molar-refractivity contribution in [3.05, 3.63) is 54.4 Å². The monoisotopic (exact) mass is 461 g/mol. The molecule has 172 valence electrons. The number of nitrogens with zero attached hydrogens (tertiary/aromatic N) is 8. The number of anilines is 3. The Labute approximate surface area is 193 Å². The Balaban J connectivity index is 1.38. The number of carbonyl (C=O) groups is 1. The zero-order valence-corrected chi connectivity index (χ0v) is 18.1. The number of amides is 1. The van der Waals surface area contributed by atoms with Gasteiger partial charge in [0.05, 0.1) is 55.7 Å². The van der Waals surface area contributed by atoms with Crippen LogP contribution in [0.25, 0.3) is 11.0 Å². The van der Waals surface area contributed by atoms with E-state index in [1.54, 1.807) is 40.2 Å². The Hall–Kier alpha value is -4.37. The first kappa shape index (κ1) is 21.5. The van der Waals surface area contributed by atoms with Gasteiger partial charge in [0.1, 0.15) is 12.4 Å². The van der Waals surface area contributed by atoms with Crippen molar-refractivity contribution < 1.29 is 13.9 Å². The number of aromatic nitrogens is 6. The van der Waals surface area contributed by atoms with E-state index in [2.05, 4.69) is 31.6 Å². The maximum atomic E-state index is 14.4. The van der Waals surface area contributed by atoms with Gasteiger partial charge in [0.2, 0.25) is 5.95 Å². The summed E-state index contributed by atoms with van der Waals surface area (Å²) in [5, 5.41) is 21.1. The van der Waals surface area contributed by atoms with E-state index in [0.29, 0.717) is 54.7 Å². The van der Waals surface area contributed by atoms with Crippen molar-refractivity contribution in [1.29, 1.82) is 5.26 Å². The van der Waals surface area contributed by atoms with Crippen LogP contribution in [0.1, 0.15) is 12.0 Å². The third-order valence-corrected chi connectivity index (χ3v) is 5.29. The minimum absolute atomic E-state index is 0.0143. The SMILES string of the molecule is N#CCCn1cc(Nc2ncc3cnn(Cc4cc(F)cc(N5CCOCC5=O)c4)c3n2)cn1. The highest BCUT2D eigenvalue weighted by Gasteiger charge is 2.21. The largest absolute Gasteiger partial charge is 0.370 e. The van der Waals surface area contributed by atoms with E-state index in [9.17, 15) is 9.18 Å². The Morgan fingerprint density at radius 1 is 1.21 bits per heavy atom. The number of fused-ring (bicyclic) bond motifs is 1. The number of aryl methyl sites for hydroxylation is 1. The van der Waals surface area contributed by atoms with Crippen LogP contribution in [-0.2, 0) is 22.6 Å². The summed E-state index contributed by atoms with van der Waals surface area (Å²) in [6.07, 6.45) is 7.06. The lowest BCUT2D eigenvalue weighted by Crippen LogP contribution is -2.41. The third-order valence-electron chi connectivity index (χ3n) is 5.29. The second-order valence-electron chi connectivity index (χ2n) is 7.72. The van der Waals surface area contributed by atoms with E-state index in [1.165, 1.54) is 17.0 Å². The molecule has 0 saturated carbocycles. The van der Waals surface area contributed by atoms with E-state index >= 15 is 0 Å². The lowest BCUT2D eigenvalue weighted by molar-refractivity contribution is -0.125. The summed E-state index contributed by atoms with van der Waals surface area (Å²) in [7, 11) is 0. The van der Waals surface area contributed by atoms with E-state index in [4.69, 9.17) is 10.00 Å². The van der Waals surface area contributed by atoms with Gasteiger partial charge in [-0.1, -0.05) is 0 Å². The van der Waals surface area contributed by atoms with Gasteiger partial charge >= 0.3 is 0 Å². The Morgan fingerprint density at radius 3 is 2.97 bits per heavy atom. The number of nitrogens with one attached hydrogen (secondary N) is 1. The molecule has 1 saturated heterocycles. The molecular formula is C22H20FN9O2. The molecule has 4 heterocycles. The Morgan fingerprint density at radius 2 is 2.12 bits per heavy atom. The zero-order valence-electron chi connectivity index (χ0n) is 18.1. The molecule has 1 fully saturated rings. The summed E-state index contributed by atoms with van der Waals surface area (Å²) in [6.45, 7) is 1.53. The van der Waals surface area contributed by atoms with Crippen LogP contribution in [-0.4, -0.2) is 55.2 Å². The van der Waals surface area contributed by atoms with Gasteiger partial charge in [0, 0.05) is 24.6 Å². The number of rotatable bonds is 7. The highest BCUT2D eigenvalue weighted by molar-refractivity contribution is 5.94. The van der Waals surface area contributed by atoms with Crippen LogP contribution in [0.5, 0.6) is 0 Å². The lowest BCUT2D eigenvalue weighted by atomic mass is 10.1. The quantitative estimate of drug-likeness (QED) is 0.444. The van der Waals surface area contributed by atoms with Gasteiger partial charge < -0.3 is 15.0 Å². The van der Waals surface area contributed by atoms with Crippen LogP contribution in [0.3, 0.4) is 0 Å². The van der Waals surface area contributed by atoms with Gasteiger partial charge in [-0.3, -0.25) is 9.48 Å². The summed E-state index contributed by atoms with van der Waals surface area (Å²) in [6, 6.07) is 6.61. The van der Waals surface area contributed by atoms with Crippen LogP contribution >= 0.6 is 0 Å². The molecule has 0 spiro atoms. The average molecular weight is 461 g/mol. The number of benzene rings is 1. The molecule has 34 heavy (non-hydrogen) atoms. The zero-order chi connectivity index (χ0) is 23.5. The van der Waals surface area contributed by atoms with Crippen LogP contribution < -0.4 is 10.2 Å². The number of halogens is 1. The molecule has 0 atom stereocenters. The van der Waals surface area contributed by atoms with Crippen molar-refractivity contribution in [2.45, 2.75) is 19.5 Å². The number of ether oxygens (including phenoxy) is 1. The average Bonchev–Trinajstić information content (AvgIpc) is 3.44. The van der Waals surface area contributed by atoms with Gasteiger partial charge in [-0.2, -0.15) is 20.4 Å². The molecule has 0 radical (unpaired) electrons. The number of carbonyl (C=O) groups excluding carboxylic acids is 1. The number of morpholine rings is 1. The molecule has 1 aliphatic heterocycles. The fourth-order valence-electron chi connectivity index (χ4n) is 3.73. The second-order valence-corrected chi connectivity index (χ2v) is 7.72. The predicted molar refractivity (Wildman–Crippen MR) is 120 cm³/mol. The standard InChI is InChI=1S/C22H20FN9O2/c23-17-6-15(7-19(8-17)31-4-5-34-14-20(31)33)12-32-21-16(10-27-32)9-25-22(29-21)28-18-11-26-30(13-18)3-1-2-24/h6-11,13H,1,3-5,12,14H2,(H,25,28,29).